The number of esters is 1. The number of amides is 1. The van der Waals surface area contributed by atoms with Crippen molar-refractivity contribution >= 4 is 29.2 Å². The molecule has 0 aliphatic heterocycles. The summed E-state index contributed by atoms with van der Waals surface area (Å²) in [5.41, 5.74) is 0.645. The Hall–Kier alpha value is -2.93. The molecular weight excluding hydrogens is 348 g/mol. The molecule has 2 rings (SSSR count). The summed E-state index contributed by atoms with van der Waals surface area (Å²) in [6.45, 7) is 1.52. The van der Waals surface area contributed by atoms with Crippen LogP contribution in [-0.2, 0) is 16.1 Å². The molecule has 0 fully saturated rings. The number of rotatable bonds is 6. The number of benzene rings is 2. The second-order valence-corrected chi connectivity index (χ2v) is 5.67. The summed E-state index contributed by atoms with van der Waals surface area (Å²) in [7, 11) is 0. The zero-order chi connectivity index (χ0) is 18.4. The van der Waals surface area contributed by atoms with E-state index in [1.165, 1.54) is 25.1 Å². The maximum Gasteiger partial charge on any atom is 0.328 e. The van der Waals surface area contributed by atoms with Crippen molar-refractivity contribution in [3.63, 3.8) is 0 Å². The monoisotopic (exact) mass is 362 g/mol. The highest BCUT2D eigenvalue weighted by molar-refractivity contribution is 6.30. The summed E-state index contributed by atoms with van der Waals surface area (Å²) in [4.78, 5) is 34.2. The van der Waals surface area contributed by atoms with E-state index in [2.05, 4.69) is 5.32 Å². The first kappa shape index (κ1) is 18.4. The fourth-order valence-electron chi connectivity index (χ4n) is 1.96. The number of halogens is 1. The zero-order valence-electron chi connectivity index (χ0n) is 13.3. The van der Waals surface area contributed by atoms with Gasteiger partial charge in [-0.25, -0.2) is 4.79 Å². The molecule has 1 atom stereocenters. The van der Waals surface area contributed by atoms with Gasteiger partial charge in [0, 0.05) is 22.7 Å². The smallest absolute Gasteiger partial charge is 0.328 e. The van der Waals surface area contributed by atoms with Crippen LogP contribution in [0.15, 0.2) is 48.5 Å². The van der Waals surface area contributed by atoms with Gasteiger partial charge in [-0.2, -0.15) is 0 Å². The van der Waals surface area contributed by atoms with Gasteiger partial charge in [-0.1, -0.05) is 29.8 Å². The first-order chi connectivity index (χ1) is 11.9. The maximum atomic E-state index is 12.1. The van der Waals surface area contributed by atoms with Crippen LogP contribution in [0, 0.1) is 10.1 Å². The zero-order valence-corrected chi connectivity index (χ0v) is 14.0. The van der Waals surface area contributed by atoms with Crippen LogP contribution in [0.1, 0.15) is 22.8 Å². The van der Waals surface area contributed by atoms with Gasteiger partial charge in [-0.15, -0.1) is 0 Å². The summed E-state index contributed by atoms with van der Waals surface area (Å²) in [5.74, 6) is -1.21. The van der Waals surface area contributed by atoms with E-state index in [9.17, 15) is 19.7 Å². The van der Waals surface area contributed by atoms with Gasteiger partial charge >= 0.3 is 5.97 Å². The quantitative estimate of drug-likeness (QED) is 0.483. The maximum absolute atomic E-state index is 12.1. The highest BCUT2D eigenvalue weighted by Crippen LogP contribution is 2.13. The molecule has 8 heteroatoms. The predicted molar refractivity (Wildman–Crippen MR) is 91.3 cm³/mol. The molecule has 0 aliphatic rings. The highest BCUT2D eigenvalue weighted by Gasteiger charge is 2.19. The predicted octanol–water partition coefficient (Wildman–Crippen LogP) is 3.11. The number of nitrogens with zero attached hydrogens (tertiary/aromatic N) is 1. The van der Waals surface area contributed by atoms with E-state index in [1.807, 2.05) is 0 Å². The Kier molecular flexibility index (Phi) is 6.08. The number of ether oxygens (including phenoxy) is 1. The van der Waals surface area contributed by atoms with Gasteiger partial charge in [0.15, 0.2) is 0 Å². The van der Waals surface area contributed by atoms with E-state index < -0.39 is 22.8 Å². The first-order valence-electron chi connectivity index (χ1n) is 7.33. The number of nitrogens with one attached hydrogen (secondary N) is 1. The lowest BCUT2D eigenvalue weighted by atomic mass is 10.2. The van der Waals surface area contributed by atoms with E-state index >= 15 is 0 Å². The van der Waals surface area contributed by atoms with Crippen molar-refractivity contribution in [2.45, 2.75) is 19.6 Å². The summed E-state index contributed by atoms with van der Waals surface area (Å²) in [6.07, 6.45) is 0. The van der Waals surface area contributed by atoms with E-state index in [4.69, 9.17) is 16.3 Å². The number of carbonyl (C=O) groups is 2. The van der Waals surface area contributed by atoms with E-state index in [-0.39, 0.29) is 17.9 Å². The Labute approximate surface area is 148 Å². The largest absolute Gasteiger partial charge is 0.459 e. The molecule has 0 bridgehead atoms. The Morgan fingerprint density at radius 2 is 1.92 bits per heavy atom. The molecule has 130 valence electrons. The van der Waals surface area contributed by atoms with Crippen molar-refractivity contribution < 1.29 is 19.2 Å². The van der Waals surface area contributed by atoms with Crippen molar-refractivity contribution in [2.24, 2.45) is 0 Å². The van der Waals surface area contributed by atoms with Gasteiger partial charge < -0.3 is 10.1 Å². The molecular formula is C17H15ClN2O5. The van der Waals surface area contributed by atoms with Crippen LogP contribution < -0.4 is 5.32 Å². The Balaban J connectivity index is 1.91. The van der Waals surface area contributed by atoms with E-state index in [0.29, 0.717) is 5.02 Å². The van der Waals surface area contributed by atoms with Crippen LogP contribution in [0.4, 0.5) is 5.69 Å². The second kappa shape index (κ2) is 8.25. The third-order valence-corrected chi connectivity index (χ3v) is 3.57. The molecule has 0 aliphatic carbocycles. The Bertz CT molecular complexity index is 792. The van der Waals surface area contributed by atoms with Crippen molar-refractivity contribution in [3.8, 4) is 0 Å². The lowest BCUT2D eigenvalue weighted by molar-refractivity contribution is -0.384. The van der Waals surface area contributed by atoms with Crippen LogP contribution in [0.2, 0.25) is 5.02 Å². The van der Waals surface area contributed by atoms with Gasteiger partial charge in [0.25, 0.3) is 11.6 Å². The molecule has 7 nitrogen and oxygen atoms in total. The average Bonchev–Trinajstić information content (AvgIpc) is 2.60. The average molecular weight is 363 g/mol. The normalized spacial score (nSPS) is 11.4. The number of non-ortho nitro benzene ring substituents is 1. The van der Waals surface area contributed by atoms with Gasteiger partial charge in [-0.05, 0) is 30.7 Å². The van der Waals surface area contributed by atoms with Gasteiger partial charge in [0.05, 0.1) is 4.92 Å². The van der Waals surface area contributed by atoms with Crippen LogP contribution >= 0.6 is 11.6 Å². The minimum absolute atomic E-state index is 0.0486. The lowest BCUT2D eigenvalue weighted by Crippen LogP contribution is -2.39. The van der Waals surface area contributed by atoms with Crippen molar-refractivity contribution in [1.29, 1.82) is 0 Å². The summed E-state index contributed by atoms with van der Waals surface area (Å²) in [6, 6.07) is 11.1. The number of hydrogen-bond donors (Lipinski definition) is 1. The van der Waals surface area contributed by atoms with Crippen LogP contribution in [0.3, 0.4) is 0 Å². The van der Waals surface area contributed by atoms with Crippen LogP contribution in [-0.4, -0.2) is 22.8 Å². The molecule has 1 N–H and O–H groups in total. The number of carbonyl (C=O) groups excluding carboxylic acids is 2. The fraction of sp³-hybridized carbons (Fsp3) is 0.176. The minimum atomic E-state index is -0.904. The van der Waals surface area contributed by atoms with E-state index in [0.717, 1.165) is 11.6 Å². The van der Waals surface area contributed by atoms with Gasteiger partial charge in [0.1, 0.15) is 12.6 Å². The molecule has 2 aromatic rings. The van der Waals surface area contributed by atoms with Crippen LogP contribution in [0.25, 0.3) is 0 Å². The van der Waals surface area contributed by atoms with Gasteiger partial charge in [0.2, 0.25) is 0 Å². The minimum Gasteiger partial charge on any atom is -0.459 e. The molecule has 25 heavy (non-hydrogen) atoms. The summed E-state index contributed by atoms with van der Waals surface area (Å²) >= 11 is 5.77. The number of nitro groups is 1. The molecule has 1 amide bonds. The number of nitro benzene ring substituents is 1. The van der Waals surface area contributed by atoms with Crippen molar-refractivity contribution in [3.05, 3.63) is 74.8 Å². The second-order valence-electron chi connectivity index (χ2n) is 5.24. The highest BCUT2D eigenvalue weighted by atomic mass is 35.5. The number of hydrogen-bond acceptors (Lipinski definition) is 5. The SMILES string of the molecule is CC(NC(=O)c1cccc([N+](=O)[O-])c1)C(=O)OCc1ccc(Cl)cc1. The van der Waals surface area contributed by atoms with Crippen LogP contribution in [0.5, 0.6) is 0 Å². The fourth-order valence-corrected chi connectivity index (χ4v) is 2.09. The lowest BCUT2D eigenvalue weighted by Gasteiger charge is -2.13. The third kappa shape index (κ3) is 5.29. The topological polar surface area (TPSA) is 98.5 Å². The third-order valence-electron chi connectivity index (χ3n) is 3.31. The molecule has 0 heterocycles. The summed E-state index contributed by atoms with van der Waals surface area (Å²) < 4.78 is 5.12. The van der Waals surface area contributed by atoms with E-state index in [1.54, 1.807) is 24.3 Å². The molecule has 0 aromatic heterocycles. The van der Waals surface area contributed by atoms with Gasteiger partial charge in [-0.3, -0.25) is 14.9 Å². The molecule has 0 saturated carbocycles. The van der Waals surface area contributed by atoms with Crippen molar-refractivity contribution in [2.75, 3.05) is 0 Å². The molecule has 1 unspecified atom stereocenters. The summed E-state index contributed by atoms with van der Waals surface area (Å²) in [5, 5.41) is 13.8. The molecule has 2 aromatic carbocycles. The standard InChI is InChI=1S/C17H15ClN2O5/c1-11(17(22)25-10-12-5-7-14(18)8-6-12)19-16(21)13-3-2-4-15(9-13)20(23)24/h2-9,11H,10H2,1H3,(H,19,21). The first-order valence-corrected chi connectivity index (χ1v) is 7.71. The molecule has 0 radical (unpaired) electrons. The molecule has 0 spiro atoms. The van der Waals surface area contributed by atoms with Crippen molar-refractivity contribution in [1.82, 2.24) is 5.32 Å². The molecule has 0 saturated heterocycles. The Morgan fingerprint density at radius 3 is 2.56 bits per heavy atom. The Morgan fingerprint density at radius 1 is 1.24 bits per heavy atom.